The van der Waals surface area contributed by atoms with Crippen molar-refractivity contribution >= 4 is 5.69 Å². The van der Waals surface area contributed by atoms with E-state index in [1.807, 2.05) is 0 Å². The average molecular weight is 247 g/mol. The molecule has 0 spiro atoms. The summed E-state index contributed by atoms with van der Waals surface area (Å²) in [5.74, 6) is 0.0845. The topological polar surface area (TPSA) is 90.2 Å². The number of phenolic OH excluding ortho intramolecular Hbond substituents is 1. The first-order chi connectivity index (χ1) is 8.49. The molecule has 0 saturated carbocycles. The summed E-state index contributed by atoms with van der Waals surface area (Å²) in [5, 5.41) is 9.34. The van der Waals surface area contributed by atoms with Crippen molar-refractivity contribution in [2.24, 2.45) is 7.05 Å². The third-order valence-corrected chi connectivity index (χ3v) is 2.61. The molecule has 2 aromatic rings. The molecule has 94 valence electrons. The highest BCUT2D eigenvalue weighted by Crippen LogP contribution is 2.11. The van der Waals surface area contributed by atoms with Crippen LogP contribution in [-0.2, 0) is 13.6 Å². The monoisotopic (exact) mass is 247 g/mol. The molecular formula is C12H13N3O3. The zero-order chi connectivity index (χ0) is 13.3. The number of phenols is 1. The molecule has 18 heavy (non-hydrogen) atoms. The zero-order valence-corrected chi connectivity index (χ0v) is 9.83. The maximum atomic E-state index is 11.8. The number of nitrogens with two attached hydrogens (primary N) is 1. The van der Waals surface area contributed by atoms with Crippen molar-refractivity contribution < 1.29 is 5.11 Å². The van der Waals surface area contributed by atoms with Gasteiger partial charge in [-0.25, -0.2) is 4.79 Å². The summed E-state index contributed by atoms with van der Waals surface area (Å²) in [5.41, 5.74) is 5.22. The van der Waals surface area contributed by atoms with Gasteiger partial charge in [0.05, 0.1) is 6.54 Å². The van der Waals surface area contributed by atoms with Gasteiger partial charge in [-0.1, -0.05) is 12.1 Å². The predicted molar refractivity (Wildman–Crippen MR) is 67.6 cm³/mol. The lowest BCUT2D eigenvalue weighted by Gasteiger charge is -2.08. The largest absolute Gasteiger partial charge is 0.508 e. The normalized spacial score (nSPS) is 10.5. The van der Waals surface area contributed by atoms with E-state index in [0.717, 1.165) is 4.57 Å². The van der Waals surface area contributed by atoms with E-state index in [1.165, 1.54) is 29.9 Å². The fourth-order valence-corrected chi connectivity index (χ4v) is 1.73. The van der Waals surface area contributed by atoms with Crippen LogP contribution in [0.4, 0.5) is 5.69 Å². The molecule has 1 aromatic carbocycles. The van der Waals surface area contributed by atoms with Crippen LogP contribution in [0.1, 0.15) is 5.56 Å². The Hall–Kier alpha value is -2.50. The summed E-state index contributed by atoms with van der Waals surface area (Å²) < 4.78 is 2.28. The van der Waals surface area contributed by atoms with Crippen molar-refractivity contribution in [3.63, 3.8) is 0 Å². The van der Waals surface area contributed by atoms with Crippen LogP contribution in [0, 0.1) is 0 Å². The molecular weight excluding hydrogens is 234 g/mol. The average Bonchev–Trinajstić information content (AvgIpc) is 2.32. The first kappa shape index (κ1) is 12.0. The Bertz CT molecular complexity index is 666. The minimum Gasteiger partial charge on any atom is -0.508 e. The third-order valence-electron chi connectivity index (χ3n) is 2.61. The molecule has 0 radical (unpaired) electrons. The van der Waals surface area contributed by atoms with Gasteiger partial charge in [0.2, 0.25) is 0 Å². The summed E-state index contributed by atoms with van der Waals surface area (Å²) in [7, 11) is 1.52. The Morgan fingerprint density at radius 3 is 2.72 bits per heavy atom. The van der Waals surface area contributed by atoms with E-state index in [9.17, 15) is 14.7 Å². The summed E-state index contributed by atoms with van der Waals surface area (Å²) >= 11 is 0. The molecule has 0 saturated heterocycles. The second kappa shape index (κ2) is 4.40. The number of aromatic hydroxyl groups is 1. The van der Waals surface area contributed by atoms with E-state index in [0.29, 0.717) is 5.56 Å². The minimum atomic E-state index is -0.526. The molecule has 2 rings (SSSR count). The van der Waals surface area contributed by atoms with Gasteiger partial charge in [-0.15, -0.1) is 0 Å². The van der Waals surface area contributed by atoms with E-state index in [4.69, 9.17) is 5.73 Å². The molecule has 6 nitrogen and oxygen atoms in total. The van der Waals surface area contributed by atoms with Crippen LogP contribution in [-0.4, -0.2) is 14.2 Å². The van der Waals surface area contributed by atoms with Crippen molar-refractivity contribution in [2.75, 3.05) is 5.73 Å². The minimum absolute atomic E-state index is 0.0113. The SMILES string of the molecule is Cn1cc(N)c(=O)n(Cc2cccc(O)c2)c1=O. The number of aryl methyl sites for hydroxylation is 1. The quantitative estimate of drug-likeness (QED) is 0.774. The maximum Gasteiger partial charge on any atom is 0.331 e. The third kappa shape index (κ3) is 2.13. The van der Waals surface area contributed by atoms with Gasteiger partial charge in [0.15, 0.2) is 0 Å². The highest BCUT2D eigenvalue weighted by atomic mass is 16.3. The standard InChI is InChI=1S/C12H13N3O3/c1-14-7-10(13)11(17)15(12(14)18)6-8-3-2-4-9(16)5-8/h2-5,7,16H,6,13H2,1H3. The molecule has 0 amide bonds. The fourth-order valence-electron chi connectivity index (χ4n) is 1.73. The van der Waals surface area contributed by atoms with Crippen LogP contribution in [0.15, 0.2) is 40.1 Å². The van der Waals surface area contributed by atoms with Gasteiger partial charge in [-0.3, -0.25) is 9.36 Å². The Labute approximate surface area is 103 Å². The molecule has 0 aliphatic rings. The van der Waals surface area contributed by atoms with Gasteiger partial charge in [0.1, 0.15) is 11.4 Å². The Morgan fingerprint density at radius 2 is 2.06 bits per heavy atom. The van der Waals surface area contributed by atoms with Crippen molar-refractivity contribution in [3.05, 3.63) is 56.9 Å². The molecule has 0 aliphatic heterocycles. The Kier molecular flexibility index (Phi) is 2.93. The van der Waals surface area contributed by atoms with E-state index >= 15 is 0 Å². The molecule has 0 atom stereocenters. The van der Waals surface area contributed by atoms with E-state index in [1.54, 1.807) is 12.1 Å². The number of anilines is 1. The second-order valence-corrected chi connectivity index (χ2v) is 4.04. The first-order valence-electron chi connectivity index (χ1n) is 5.33. The summed E-state index contributed by atoms with van der Waals surface area (Å²) in [4.78, 5) is 23.6. The van der Waals surface area contributed by atoms with Crippen molar-refractivity contribution in [3.8, 4) is 5.75 Å². The van der Waals surface area contributed by atoms with Gasteiger partial charge >= 0.3 is 5.69 Å². The molecule has 0 aliphatic carbocycles. The summed E-state index contributed by atoms with van der Waals surface area (Å²) in [6.07, 6.45) is 1.30. The number of hydrogen-bond acceptors (Lipinski definition) is 4. The van der Waals surface area contributed by atoms with E-state index in [2.05, 4.69) is 0 Å². The molecule has 3 N–H and O–H groups in total. The van der Waals surface area contributed by atoms with Gasteiger partial charge in [-0.2, -0.15) is 0 Å². The number of rotatable bonds is 2. The highest BCUT2D eigenvalue weighted by Gasteiger charge is 2.08. The molecule has 0 fully saturated rings. The van der Waals surface area contributed by atoms with Gasteiger partial charge in [0, 0.05) is 13.2 Å². The lowest BCUT2D eigenvalue weighted by molar-refractivity contribution is 0.474. The Balaban J connectivity index is 2.53. The van der Waals surface area contributed by atoms with Crippen LogP contribution in [0.5, 0.6) is 5.75 Å². The van der Waals surface area contributed by atoms with Crippen LogP contribution in [0.25, 0.3) is 0 Å². The van der Waals surface area contributed by atoms with Crippen LogP contribution < -0.4 is 17.0 Å². The molecule has 1 heterocycles. The number of nitrogens with zero attached hydrogens (tertiary/aromatic N) is 2. The van der Waals surface area contributed by atoms with Crippen molar-refractivity contribution in [1.82, 2.24) is 9.13 Å². The highest BCUT2D eigenvalue weighted by molar-refractivity contribution is 5.32. The maximum absolute atomic E-state index is 11.8. The van der Waals surface area contributed by atoms with Crippen LogP contribution >= 0.6 is 0 Å². The number of benzene rings is 1. The van der Waals surface area contributed by atoms with Crippen molar-refractivity contribution in [2.45, 2.75) is 6.54 Å². The molecule has 1 aromatic heterocycles. The lowest BCUT2D eigenvalue weighted by atomic mass is 10.2. The number of aromatic nitrogens is 2. The van der Waals surface area contributed by atoms with Gasteiger partial charge in [-0.05, 0) is 17.7 Å². The molecule has 0 unspecified atom stereocenters. The zero-order valence-electron chi connectivity index (χ0n) is 9.83. The molecule has 6 heteroatoms. The van der Waals surface area contributed by atoms with Gasteiger partial charge in [0.25, 0.3) is 5.56 Å². The van der Waals surface area contributed by atoms with E-state index < -0.39 is 11.2 Å². The fraction of sp³-hybridized carbons (Fsp3) is 0.167. The predicted octanol–water partition coefficient (Wildman–Crippen LogP) is -0.117. The second-order valence-electron chi connectivity index (χ2n) is 4.04. The number of nitrogen functional groups attached to an aromatic ring is 1. The smallest absolute Gasteiger partial charge is 0.331 e. The van der Waals surface area contributed by atoms with Crippen LogP contribution in [0.2, 0.25) is 0 Å². The Morgan fingerprint density at radius 1 is 1.33 bits per heavy atom. The first-order valence-corrected chi connectivity index (χ1v) is 5.33. The van der Waals surface area contributed by atoms with Crippen LogP contribution in [0.3, 0.4) is 0 Å². The summed E-state index contributed by atoms with van der Waals surface area (Å²) in [6, 6.07) is 6.38. The lowest BCUT2D eigenvalue weighted by Crippen LogP contribution is -2.39. The number of hydrogen-bond donors (Lipinski definition) is 2. The summed E-state index contributed by atoms with van der Waals surface area (Å²) in [6.45, 7) is 0.0744. The van der Waals surface area contributed by atoms with Gasteiger partial charge < -0.3 is 15.4 Å². The van der Waals surface area contributed by atoms with Crippen molar-refractivity contribution in [1.29, 1.82) is 0 Å². The van der Waals surface area contributed by atoms with E-state index in [-0.39, 0.29) is 18.0 Å². The molecule has 0 bridgehead atoms.